The fourth-order valence-corrected chi connectivity index (χ4v) is 10.2. The van der Waals surface area contributed by atoms with Crippen LogP contribution in [0.1, 0.15) is 114 Å². The summed E-state index contributed by atoms with van der Waals surface area (Å²) in [6.07, 6.45) is -1.10. The number of hydrogen-bond donors (Lipinski definition) is 11. The monoisotopic (exact) mass is 1170 g/mol. The first kappa shape index (κ1) is 67.9. The van der Waals surface area contributed by atoms with Crippen molar-refractivity contribution >= 4 is 88.2 Å². The van der Waals surface area contributed by atoms with E-state index in [-0.39, 0.29) is 62.5 Å². The average Bonchev–Trinajstić information content (AvgIpc) is 4.17. The molecule has 0 saturated heterocycles. The number of carbonyl (C=O) groups is 11. The molecule has 1 aromatic heterocycles. The number of H-pyrrole nitrogens is 1. The summed E-state index contributed by atoms with van der Waals surface area (Å²) in [5, 5.41) is 43.5. The molecule has 4 aromatic rings. The molecule has 4 amide bonds. The predicted octanol–water partition coefficient (Wildman–Crippen LogP) is 4.72. The molecule has 0 unspecified atom stereocenters. The molecule has 0 saturated carbocycles. The summed E-state index contributed by atoms with van der Waals surface area (Å²) in [5.41, 5.74) is 8.83. The Bertz CT molecular complexity index is 2830. The van der Waals surface area contributed by atoms with E-state index in [0.717, 1.165) is 16.5 Å². The maximum atomic E-state index is 14.5. The molecule has 450 valence electrons. The number of para-hydroxylation sites is 1. The quantitative estimate of drug-likeness (QED) is 0.0212. The minimum Gasteiger partial charge on any atom is -0.481 e. The Morgan fingerprint density at radius 2 is 1.02 bits per heavy atom. The number of fused-ring (bicyclic) bond motifs is 1. The van der Waals surface area contributed by atoms with Crippen LogP contribution in [0.25, 0.3) is 10.9 Å². The van der Waals surface area contributed by atoms with Gasteiger partial charge in [-0.3, -0.25) is 47.9 Å². The van der Waals surface area contributed by atoms with Crippen molar-refractivity contribution in [2.45, 2.75) is 147 Å². The van der Waals surface area contributed by atoms with E-state index in [1.54, 1.807) is 69.6 Å². The molecular formula is C61H81N7O14S. The van der Waals surface area contributed by atoms with Gasteiger partial charge in [0.1, 0.15) is 6.04 Å². The number of nitrogens with two attached hydrogens (primary N) is 1. The van der Waals surface area contributed by atoms with E-state index in [2.05, 4.69) is 44.2 Å². The van der Waals surface area contributed by atoms with Crippen LogP contribution in [0.2, 0.25) is 0 Å². The Labute approximate surface area is 489 Å². The van der Waals surface area contributed by atoms with Gasteiger partial charge in [0, 0.05) is 86.1 Å². The van der Waals surface area contributed by atoms with E-state index in [0.29, 0.717) is 30.4 Å². The van der Waals surface area contributed by atoms with Gasteiger partial charge in [-0.1, -0.05) is 99.1 Å². The predicted molar refractivity (Wildman–Crippen MR) is 314 cm³/mol. The van der Waals surface area contributed by atoms with Gasteiger partial charge in [0.2, 0.25) is 23.6 Å². The van der Waals surface area contributed by atoms with Crippen LogP contribution in [0.3, 0.4) is 0 Å². The van der Waals surface area contributed by atoms with Crippen molar-refractivity contribution in [2.75, 3.05) is 19.3 Å². The van der Waals surface area contributed by atoms with Crippen LogP contribution >= 0.6 is 12.6 Å². The summed E-state index contributed by atoms with van der Waals surface area (Å²) in [6, 6.07) is 19.4. The van der Waals surface area contributed by atoms with Gasteiger partial charge in [0.05, 0.1) is 30.1 Å². The molecule has 0 aliphatic carbocycles. The first-order valence-electron chi connectivity index (χ1n) is 28.2. The maximum absolute atomic E-state index is 14.5. The number of unbranched alkanes of at least 4 members (excludes halogenated alkanes) is 1. The standard InChI is InChI=1S/C61H81N7O14S/c1-37(2)28-41(59(79)66-46(21-25-56(74)75)51(69)23-24-55(73)65-50(61(81)82)31-42-35-64-45-20-11-10-19-44(42)45)33-52(70)47(22-26-57(76)77)67-58(78)40(18-12-13-27-62)32-54(72)49(30-39-16-8-5-9-17-39)68-60(80)43(36-83)34-53(71)48(63-3)29-38-14-6-4-7-15-38/h4-11,14-17,19-20,35,37,40-41,43,46-50,63-64,83H,12-13,18,21-34,36,62H2,1-3H3,(H,65,73)(H,66,79)(H,67,78)(H,68,80)(H,74,75)(H,76,77)(H,81,82)/t40-,41-,43+,46+,47+,48+,49+,50+/m1/s1. The maximum Gasteiger partial charge on any atom is 0.326 e. The number of aromatic amines is 1. The van der Waals surface area contributed by atoms with E-state index in [1.807, 2.05) is 42.5 Å². The molecule has 0 aliphatic rings. The lowest BCUT2D eigenvalue weighted by atomic mass is 9.87. The SMILES string of the molecule is CN[C@@H](Cc1ccccc1)C(=O)C[C@@H](CS)C(=O)N[C@@H](Cc1ccccc1)C(=O)C[C@@H](CCCCN)C(=O)N[C@@H](CCC(=O)O)C(=O)C[C@@H](CC(C)C)C(=O)N[C@@H](CCC(=O)O)C(=O)CCC(=O)N[C@@H](Cc1c[nH]c2ccccc12)C(=O)O. The molecule has 0 spiro atoms. The summed E-state index contributed by atoms with van der Waals surface area (Å²) in [7, 11) is 1.66. The zero-order valence-corrected chi connectivity index (χ0v) is 48.3. The number of Topliss-reactive ketones (excluding diaryl/α,β-unsaturated/α-hetero) is 4. The van der Waals surface area contributed by atoms with Crippen LogP contribution in [0, 0.1) is 23.7 Å². The van der Waals surface area contributed by atoms with E-state index < -0.39 is 152 Å². The number of aromatic nitrogens is 1. The van der Waals surface area contributed by atoms with Gasteiger partial charge in [-0.25, -0.2) is 4.79 Å². The summed E-state index contributed by atoms with van der Waals surface area (Å²) in [5.74, 6) is -12.5. The number of carboxylic acid groups (broad SMARTS) is 3. The summed E-state index contributed by atoms with van der Waals surface area (Å²) >= 11 is 4.41. The van der Waals surface area contributed by atoms with Crippen molar-refractivity contribution in [3.8, 4) is 0 Å². The minimum absolute atomic E-state index is 0.0168. The van der Waals surface area contributed by atoms with E-state index in [1.165, 1.54) is 0 Å². The Kier molecular flexibility index (Phi) is 29.0. The summed E-state index contributed by atoms with van der Waals surface area (Å²) < 4.78 is 0. The summed E-state index contributed by atoms with van der Waals surface area (Å²) in [4.78, 5) is 151. The van der Waals surface area contributed by atoms with E-state index >= 15 is 0 Å². The molecule has 21 nitrogen and oxygen atoms in total. The van der Waals surface area contributed by atoms with Crippen LogP contribution in [0.5, 0.6) is 0 Å². The first-order chi connectivity index (χ1) is 39.6. The second kappa shape index (κ2) is 35.4. The van der Waals surface area contributed by atoms with Gasteiger partial charge in [-0.05, 0) is 87.2 Å². The van der Waals surface area contributed by atoms with Crippen LogP contribution < -0.4 is 32.3 Å². The highest BCUT2D eigenvalue weighted by atomic mass is 32.1. The number of rotatable bonds is 41. The fourth-order valence-electron chi connectivity index (χ4n) is 9.86. The Hall–Kier alpha value is -7.56. The molecule has 0 fully saturated rings. The highest BCUT2D eigenvalue weighted by molar-refractivity contribution is 7.80. The lowest BCUT2D eigenvalue weighted by molar-refractivity contribution is -0.142. The average molecular weight is 1170 g/mol. The van der Waals surface area contributed by atoms with E-state index in [9.17, 15) is 68.1 Å². The minimum atomic E-state index is -1.47. The topological polar surface area (TPSA) is 350 Å². The van der Waals surface area contributed by atoms with Gasteiger partial charge >= 0.3 is 17.9 Å². The van der Waals surface area contributed by atoms with Gasteiger partial charge < -0.3 is 52.6 Å². The molecule has 4 rings (SSSR count). The zero-order chi connectivity index (χ0) is 61.0. The molecule has 0 radical (unpaired) electrons. The lowest BCUT2D eigenvalue weighted by Gasteiger charge is -2.26. The molecule has 1 heterocycles. The summed E-state index contributed by atoms with van der Waals surface area (Å²) in [6.45, 7) is 3.80. The Balaban J connectivity index is 1.51. The molecule has 0 aliphatic heterocycles. The van der Waals surface area contributed by atoms with Crippen molar-refractivity contribution in [1.29, 1.82) is 0 Å². The number of aliphatic carboxylic acids is 3. The third-order valence-corrected chi connectivity index (χ3v) is 14.9. The molecule has 11 N–H and O–H groups in total. The highest BCUT2D eigenvalue weighted by Gasteiger charge is 2.35. The van der Waals surface area contributed by atoms with Crippen molar-refractivity contribution < 1.29 is 68.1 Å². The normalized spacial score (nSPS) is 14.2. The van der Waals surface area contributed by atoms with Gasteiger partial charge in [0.15, 0.2) is 23.1 Å². The Morgan fingerprint density at radius 3 is 1.58 bits per heavy atom. The van der Waals surface area contributed by atoms with Crippen molar-refractivity contribution in [3.63, 3.8) is 0 Å². The molecule has 3 aromatic carbocycles. The highest BCUT2D eigenvalue weighted by Crippen LogP contribution is 2.24. The third kappa shape index (κ3) is 23.7. The number of benzene rings is 3. The van der Waals surface area contributed by atoms with Crippen LogP contribution in [-0.4, -0.2) is 135 Å². The van der Waals surface area contributed by atoms with Gasteiger partial charge in [-0.2, -0.15) is 12.6 Å². The number of amides is 4. The molecule has 0 bridgehead atoms. The number of hydrogen-bond acceptors (Lipinski definition) is 14. The number of carboxylic acids is 3. The number of thiol groups is 1. The fraction of sp³-hybridized carbons (Fsp3) is 0.492. The smallest absolute Gasteiger partial charge is 0.326 e. The van der Waals surface area contributed by atoms with Crippen molar-refractivity contribution in [3.05, 3.63) is 108 Å². The largest absolute Gasteiger partial charge is 0.481 e. The van der Waals surface area contributed by atoms with Crippen molar-refractivity contribution in [1.82, 2.24) is 31.6 Å². The molecule has 22 heteroatoms. The number of carbonyl (C=O) groups excluding carboxylic acids is 8. The first-order valence-corrected chi connectivity index (χ1v) is 28.8. The molecule has 83 heavy (non-hydrogen) atoms. The molecule has 8 atom stereocenters. The van der Waals surface area contributed by atoms with Gasteiger partial charge in [-0.15, -0.1) is 0 Å². The second-order valence-corrected chi connectivity index (χ2v) is 21.8. The van der Waals surface area contributed by atoms with Crippen LogP contribution in [0.4, 0.5) is 0 Å². The van der Waals surface area contributed by atoms with Crippen LogP contribution in [-0.2, 0) is 72.0 Å². The van der Waals surface area contributed by atoms with Crippen LogP contribution in [0.15, 0.2) is 91.1 Å². The number of nitrogens with one attached hydrogen (secondary N) is 6. The zero-order valence-electron chi connectivity index (χ0n) is 47.4. The molecular weight excluding hydrogens is 1090 g/mol. The number of ketones is 4. The Morgan fingerprint density at radius 1 is 0.530 bits per heavy atom. The van der Waals surface area contributed by atoms with E-state index in [4.69, 9.17) is 5.73 Å². The van der Waals surface area contributed by atoms with Gasteiger partial charge in [0.25, 0.3) is 0 Å². The number of likely N-dealkylation sites (N-methyl/N-ethyl adjacent to an activating group) is 1. The lowest BCUT2D eigenvalue weighted by Crippen LogP contribution is -2.49. The third-order valence-electron chi connectivity index (χ3n) is 14.5. The van der Waals surface area contributed by atoms with Crippen molar-refractivity contribution in [2.24, 2.45) is 29.4 Å². The second-order valence-electron chi connectivity index (χ2n) is 21.5.